The number of sulfonamides is 1. The smallest absolute Gasteiger partial charge is 0.377 e. The third kappa shape index (κ3) is 6.10. The molecule has 0 aromatic heterocycles. The lowest BCUT2D eigenvalue weighted by atomic mass is 9.95. The second kappa shape index (κ2) is 11.1. The predicted molar refractivity (Wildman–Crippen MR) is 138 cm³/mol. The van der Waals surface area contributed by atoms with Crippen molar-refractivity contribution in [3.63, 3.8) is 0 Å². The van der Waals surface area contributed by atoms with Crippen molar-refractivity contribution < 1.29 is 36.2 Å². The molecule has 1 aromatic carbocycles. The highest BCUT2D eigenvalue weighted by Crippen LogP contribution is 2.39. The zero-order chi connectivity index (χ0) is 26.8. The minimum Gasteiger partial charge on any atom is -0.377 e. The summed E-state index contributed by atoms with van der Waals surface area (Å²) in [6, 6.07) is 5.11. The van der Waals surface area contributed by atoms with Gasteiger partial charge in [0.25, 0.3) is 0 Å². The summed E-state index contributed by atoms with van der Waals surface area (Å²) in [7, 11) is -3.82. The van der Waals surface area contributed by atoms with Crippen LogP contribution in [0.3, 0.4) is 0 Å². The van der Waals surface area contributed by atoms with Crippen molar-refractivity contribution in [3.8, 4) is 0 Å². The number of alkyl halides is 3. The van der Waals surface area contributed by atoms with Gasteiger partial charge in [0, 0.05) is 43.2 Å². The number of aliphatic hydroxyl groups is 1. The number of allylic oxidation sites excluding steroid dienone is 4. The van der Waals surface area contributed by atoms with Crippen LogP contribution in [-0.4, -0.2) is 80.5 Å². The number of nitrogens with zero attached hydrogens (tertiary/aromatic N) is 2. The molecule has 1 aliphatic carbocycles. The molecule has 3 atom stereocenters. The average Bonchev–Trinajstić information content (AvgIpc) is 3.37. The van der Waals surface area contributed by atoms with E-state index in [4.69, 9.17) is 21.7 Å². The largest absolute Gasteiger partial charge is 0.421 e. The van der Waals surface area contributed by atoms with E-state index in [0.717, 1.165) is 12.8 Å². The minimum absolute atomic E-state index is 0.00249. The SMILES string of the molecule is CC(O)(c1ccc(N2CCN(S(=O)(=O)C3=CC=CCC3=S)C[C@@H]2COC[C@@H]2CCCO2)cc1)C(F)(F)F. The molecule has 0 radical (unpaired) electrons. The summed E-state index contributed by atoms with van der Waals surface area (Å²) in [5.74, 6) is 0. The van der Waals surface area contributed by atoms with Crippen LogP contribution in [-0.2, 0) is 25.1 Å². The average molecular weight is 561 g/mol. The van der Waals surface area contributed by atoms with Gasteiger partial charge in [-0.1, -0.05) is 36.5 Å². The predicted octanol–water partition coefficient (Wildman–Crippen LogP) is 3.69. The van der Waals surface area contributed by atoms with E-state index in [9.17, 15) is 26.7 Å². The zero-order valence-corrected chi connectivity index (χ0v) is 22.1. The highest BCUT2D eigenvalue weighted by molar-refractivity contribution is 7.96. The van der Waals surface area contributed by atoms with Crippen LogP contribution in [0.2, 0.25) is 0 Å². The molecule has 2 saturated heterocycles. The molecule has 0 bridgehead atoms. The first-order valence-corrected chi connectivity index (χ1v) is 14.0. The molecular formula is C25H31F3N2O5S2. The lowest BCUT2D eigenvalue weighted by Crippen LogP contribution is -2.57. The fourth-order valence-electron chi connectivity index (χ4n) is 4.67. The van der Waals surface area contributed by atoms with Crippen LogP contribution in [0.25, 0.3) is 0 Å². The number of hydrogen-bond donors (Lipinski definition) is 1. The van der Waals surface area contributed by atoms with Crippen LogP contribution in [0.1, 0.15) is 31.7 Å². The van der Waals surface area contributed by atoms with E-state index in [1.165, 1.54) is 34.6 Å². The fraction of sp³-hybridized carbons (Fsp3) is 0.560. The standard InChI is InChI=1S/C25H31F3N2O5S2/c1-24(31,25(26,27)28)18-8-10-19(11-9-18)30-13-12-29(37(32,33)23-7-3-2-6-22(23)36)15-20(30)16-34-17-21-5-4-14-35-21/h2-3,7-11,20-21,31H,4-6,12-17H2,1H3/t20-,21+,24?/m1/s1. The monoisotopic (exact) mass is 560 g/mol. The van der Waals surface area contributed by atoms with Gasteiger partial charge in [0.05, 0.1) is 30.3 Å². The van der Waals surface area contributed by atoms with Crippen LogP contribution < -0.4 is 4.90 Å². The Hall–Kier alpha value is -1.83. The van der Waals surface area contributed by atoms with Crippen LogP contribution in [0.15, 0.2) is 47.4 Å². The number of rotatable bonds is 8. The molecule has 37 heavy (non-hydrogen) atoms. The molecule has 1 aromatic rings. The molecule has 1 unspecified atom stereocenters. The van der Waals surface area contributed by atoms with E-state index in [-0.39, 0.29) is 36.3 Å². The number of halogens is 3. The maximum Gasteiger partial charge on any atom is 0.421 e. The van der Waals surface area contributed by atoms with Crippen molar-refractivity contribution in [2.75, 3.05) is 44.4 Å². The number of thiocarbonyl (C=S) groups is 1. The van der Waals surface area contributed by atoms with Gasteiger partial charge in [-0.3, -0.25) is 0 Å². The van der Waals surface area contributed by atoms with Gasteiger partial charge in [-0.2, -0.15) is 17.5 Å². The van der Waals surface area contributed by atoms with Crippen molar-refractivity contribution in [1.82, 2.24) is 4.31 Å². The molecule has 204 valence electrons. The summed E-state index contributed by atoms with van der Waals surface area (Å²) in [4.78, 5) is 2.42. The summed E-state index contributed by atoms with van der Waals surface area (Å²) in [5, 5.41) is 10.0. The molecule has 2 heterocycles. The molecule has 2 fully saturated rings. The van der Waals surface area contributed by atoms with Crippen molar-refractivity contribution >= 4 is 32.8 Å². The van der Waals surface area contributed by atoms with Crippen molar-refractivity contribution in [1.29, 1.82) is 0 Å². The summed E-state index contributed by atoms with van der Waals surface area (Å²) < 4.78 is 79.5. The second-order valence-electron chi connectivity index (χ2n) is 9.59. The van der Waals surface area contributed by atoms with Crippen LogP contribution in [0.5, 0.6) is 0 Å². The van der Waals surface area contributed by atoms with Crippen molar-refractivity contribution in [2.24, 2.45) is 0 Å². The molecule has 7 nitrogen and oxygen atoms in total. The summed E-state index contributed by atoms with van der Waals surface area (Å²) in [5.41, 5.74) is -2.65. The Morgan fingerprint density at radius 2 is 1.92 bits per heavy atom. The van der Waals surface area contributed by atoms with E-state index in [1.807, 2.05) is 4.90 Å². The van der Waals surface area contributed by atoms with Crippen molar-refractivity contribution in [3.05, 3.63) is 53.0 Å². The maximum atomic E-state index is 13.4. The second-order valence-corrected chi connectivity index (χ2v) is 12.0. The van der Waals surface area contributed by atoms with Gasteiger partial charge in [0.2, 0.25) is 10.0 Å². The molecule has 1 N–H and O–H groups in total. The Balaban J connectivity index is 1.54. The molecule has 0 saturated carbocycles. The lowest BCUT2D eigenvalue weighted by Gasteiger charge is -2.42. The first-order valence-electron chi connectivity index (χ1n) is 12.2. The maximum absolute atomic E-state index is 13.4. The third-order valence-corrected chi connectivity index (χ3v) is 9.44. The van der Waals surface area contributed by atoms with Gasteiger partial charge in [-0.15, -0.1) is 0 Å². The highest BCUT2D eigenvalue weighted by atomic mass is 32.2. The zero-order valence-electron chi connectivity index (χ0n) is 20.5. The van der Waals surface area contributed by atoms with Gasteiger partial charge in [-0.25, -0.2) is 8.42 Å². The fourth-order valence-corrected chi connectivity index (χ4v) is 6.74. The van der Waals surface area contributed by atoms with Crippen LogP contribution in [0.4, 0.5) is 18.9 Å². The van der Waals surface area contributed by atoms with E-state index >= 15 is 0 Å². The summed E-state index contributed by atoms with van der Waals surface area (Å²) in [6.07, 6.45) is 2.43. The van der Waals surface area contributed by atoms with Gasteiger partial charge < -0.3 is 19.5 Å². The van der Waals surface area contributed by atoms with E-state index in [2.05, 4.69) is 0 Å². The van der Waals surface area contributed by atoms with E-state index in [0.29, 0.717) is 43.7 Å². The molecular weight excluding hydrogens is 529 g/mol. The van der Waals surface area contributed by atoms with E-state index < -0.39 is 27.8 Å². The molecule has 12 heteroatoms. The summed E-state index contributed by atoms with van der Waals surface area (Å²) >= 11 is 5.30. The Kier molecular flexibility index (Phi) is 8.46. The molecule has 0 amide bonds. The van der Waals surface area contributed by atoms with Crippen molar-refractivity contribution in [2.45, 2.75) is 50.1 Å². The first kappa shape index (κ1) is 28.2. The topological polar surface area (TPSA) is 79.3 Å². The molecule has 0 spiro atoms. The Labute approximate surface area is 220 Å². The number of piperazine rings is 1. The van der Waals surface area contributed by atoms with Gasteiger partial charge in [0.15, 0.2) is 5.60 Å². The third-order valence-electron chi connectivity index (χ3n) is 6.98. The van der Waals surface area contributed by atoms with Gasteiger partial charge >= 0.3 is 6.18 Å². The Morgan fingerprint density at radius 3 is 2.54 bits per heavy atom. The normalized spacial score (nSPS) is 25.3. The van der Waals surface area contributed by atoms with E-state index in [1.54, 1.807) is 12.2 Å². The molecule has 4 rings (SSSR count). The minimum atomic E-state index is -4.82. The quantitative estimate of drug-likeness (QED) is 0.486. The van der Waals surface area contributed by atoms with Gasteiger partial charge in [0.1, 0.15) is 0 Å². The molecule has 3 aliphatic rings. The highest BCUT2D eigenvalue weighted by Gasteiger charge is 2.51. The number of anilines is 1. The number of benzene rings is 1. The first-order chi connectivity index (χ1) is 17.4. The Morgan fingerprint density at radius 1 is 1.19 bits per heavy atom. The van der Waals surface area contributed by atoms with Gasteiger partial charge in [-0.05, 0) is 43.5 Å². The number of hydrogen-bond acceptors (Lipinski definition) is 7. The number of ether oxygens (including phenoxy) is 2. The van der Waals surface area contributed by atoms with Crippen LogP contribution >= 0.6 is 12.2 Å². The van der Waals surface area contributed by atoms with Crippen LogP contribution in [0, 0.1) is 0 Å². The molecule has 2 aliphatic heterocycles. The summed E-state index contributed by atoms with van der Waals surface area (Å²) in [6.45, 7) is 2.59. The lowest BCUT2D eigenvalue weighted by molar-refractivity contribution is -0.258. The Bertz CT molecular complexity index is 1140.